The van der Waals surface area contributed by atoms with Crippen LogP contribution in [0, 0.1) is 34.5 Å². The van der Waals surface area contributed by atoms with Crippen LogP contribution in [0.15, 0.2) is 132 Å². The normalized spacial score (nSPS) is 11.8. The fourth-order valence-corrected chi connectivity index (χ4v) is 4.01. The van der Waals surface area contributed by atoms with E-state index in [1.807, 2.05) is 109 Å². The average Bonchev–Trinajstić information content (AvgIpc) is 3.01. The second-order valence-corrected chi connectivity index (χ2v) is 8.77. The lowest BCUT2D eigenvalue weighted by atomic mass is 10.0. The highest BCUT2D eigenvalue weighted by atomic mass is 16.5. The largest absolute Gasteiger partial charge is 0.456 e. The molecule has 1 aliphatic rings. The molecule has 4 aromatic rings. The quantitative estimate of drug-likeness (QED) is 0.211. The maximum Gasteiger partial charge on any atom is 0.135 e. The second-order valence-electron chi connectivity index (χ2n) is 8.77. The lowest BCUT2D eigenvalue weighted by Gasteiger charge is -2.19. The molecule has 3 nitrogen and oxygen atoms in total. The highest BCUT2D eigenvalue weighted by Gasteiger charge is 2.14. The van der Waals surface area contributed by atoms with Gasteiger partial charge in [0.15, 0.2) is 0 Å². The van der Waals surface area contributed by atoms with Crippen LogP contribution >= 0.6 is 0 Å². The third-order valence-electron chi connectivity index (χ3n) is 5.99. The Labute approximate surface area is 228 Å². The van der Waals surface area contributed by atoms with Crippen molar-refractivity contribution in [2.45, 2.75) is 0 Å². The van der Waals surface area contributed by atoms with Crippen molar-refractivity contribution in [1.82, 2.24) is 0 Å². The van der Waals surface area contributed by atoms with E-state index in [4.69, 9.17) is 15.3 Å². The van der Waals surface area contributed by atoms with Gasteiger partial charge in [-0.1, -0.05) is 96.8 Å². The zero-order valence-corrected chi connectivity index (χ0v) is 21.0. The van der Waals surface area contributed by atoms with E-state index in [0.717, 1.165) is 50.5 Å². The van der Waals surface area contributed by atoms with Crippen molar-refractivity contribution in [3.63, 3.8) is 0 Å². The molecule has 0 aliphatic carbocycles. The van der Waals surface area contributed by atoms with Crippen molar-refractivity contribution in [1.29, 1.82) is 10.5 Å². The van der Waals surface area contributed by atoms with Gasteiger partial charge in [-0.15, -0.1) is 0 Å². The molecule has 0 spiro atoms. The molecule has 4 aromatic carbocycles. The Kier molecular flexibility index (Phi) is 7.61. The molecule has 0 atom stereocenters. The zero-order valence-electron chi connectivity index (χ0n) is 21.0. The van der Waals surface area contributed by atoms with Crippen molar-refractivity contribution >= 4 is 23.7 Å². The van der Waals surface area contributed by atoms with Gasteiger partial charge in [0, 0.05) is 22.3 Å². The fourth-order valence-electron chi connectivity index (χ4n) is 4.01. The van der Waals surface area contributed by atoms with E-state index in [2.05, 4.69) is 42.2 Å². The molecule has 5 rings (SSSR count). The molecular formula is C36H22N2O. The van der Waals surface area contributed by atoms with Crippen LogP contribution < -0.4 is 0 Å². The van der Waals surface area contributed by atoms with Crippen LogP contribution in [-0.2, 0) is 4.74 Å². The molecule has 0 unspecified atom stereocenters. The molecule has 0 radical (unpaired) electrons. The van der Waals surface area contributed by atoms with Gasteiger partial charge in [0.2, 0.25) is 0 Å². The maximum atomic E-state index is 8.90. The molecule has 0 saturated heterocycles. The molecule has 0 amide bonds. The molecule has 0 bridgehead atoms. The third kappa shape index (κ3) is 6.49. The first-order valence-electron chi connectivity index (χ1n) is 12.4. The predicted molar refractivity (Wildman–Crippen MR) is 156 cm³/mol. The highest BCUT2D eigenvalue weighted by molar-refractivity contribution is 5.80. The molecule has 182 valence electrons. The van der Waals surface area contributed by atoms with Gasteiger partial charge in [0.05, 0.1) is 0 Å². The van der Waals surface area contributed by atoms with Crippen LogP contribution in [0.4, 0.5) is 0 Å². The van der Waals surface area contributed by atoms with Gasteiger partial charge < -0.3 is 4.74 Å². The predicted octanol–water partition coefficient (Wildman–Crippen LogP) is 8.01. The van der Waals surface area contributed by atoms with Gasteiger partial charge in [-0.3, -0.25) is 0 Å². The van der Waals surface area contributed by atoms with Crippen LogP contribution in [0.2, 0.25) is 0 Å². The van der Waals surface area contributed by atoms with Crippen molar-refractivity contribution in [3.05, 3.63) is 166 Å². The first kappa shape index (κ1) is 24.9. The van der Waals surface area contributed by atoms with Gasteiger partial charge >= 0.3 is 0 Å². The summed E-state index contributed by atoms with van der Waals surface area (Å²) in [6, 6.07) is 39.5. The van der Waals surface area contributed by atoms with E-state index in [1.54, 1.807) is 6.08 Å². The maximum absolute atomic E-state index is 8.90. The topological polar surface area (TPSA) is 56.8 Å². The van der Waals surface area contributed by atoms with Crippen LogP contribution in [-0.4, -0.2) is 0 Å². The standard InChI is InChI=1S/C36H22N2O/c37-25-32(26-38)22-30-19-15-28(16-20-30)12-11-27-13-17-29(18-14-27)21-31-23-35(33-7-3-1-4-8-33)39-36(24-31)34-9-5-2-6-10-34/h1-10,13-24H. The summed E-state index contributed by atoms with van der Waals surface area (Å²) in [6.07, 6.45) is 7.81. The lowest BCUT2D eigenvalue weighted by Crippen LogP contribution is -1.99. The summed E-state index contributed by atoms with van der Waals surface area (Å²) < 4.78 is 6.29. The van der Waals surface area contributed by atoms with Crippen LogP contribution in [0.3, 0.4) is 0 Å². The van der Waals surface area contributed by atoms with E-state index < -0.39 is 0 Å². The zero-order chi connectivity index (χ0) is 26.9. The van der Waals surface area contributed by atoms with Crippen molar-refractivity contribution in [2.24, 2.45) is 0 Å². The number of ether oxygens (including phenoxy) is 1. The van der Waals surface area contributed by atoms with E-state index in [1.165, 1.54) is 0 Å². The molecule has 39 heavy (non-hydrogen) atoms. The summed E-state index contributed by atoms with van der Waals surface area (Å²) in [5, 5.41) is 17.8. The van der Waals surface area contributed by atoms with Crippen molar-refractivity contribution in [3.8, 4) is 24.0 Å². The summed E-state index contributed by atoms with van der Waals surface area (Å²) in [7, 11) is 0. The Bertz CT molecular complexity index is 1670. The Balaban J connectivity index is 1.37. The first-order chi connectivity index (χ1) is 19.2. The number of nitrogens with zero attached hydrogens (tertiary/aromatic N) is 2. The molecular weight excluding hydrogens is 476 g/mol. The van der Waals surface area contributed by atoms with E-state index in [0.29, 0.717) is 0 Å². The van der Waals surface area contributed by atoms with E-state index in [9.17, 15) is 0 Å². The van der Waals surface area contributed by atoms with E-state index in [-0.39, 0.29) is 5.57 Å². The monoisotopic (exact) mass is 498 g/mol. The van der Waals surface area contributed by atoms with Crippen LogP contribution in [0.5, 0.6) is 0 Å². The number of rotatable bonds is 4. The number of hydrogen-bond acceptors (Lipinski definition) is 3. The molecule has 0 aromatic heterocycles. The number of benzene rings is 4. The van der Waals surface area contributed by atoms with Crippen molar-refractivity contribution < 1.29 is 4.74 Å². The summed E-state index contributed by atoms with van der Waals surface area (Å²) in [5.41, 5.74) is 6.78. The SMILES string of the molecule is N#CC(C#N)=Cc1ccc(C#Cc2ccc(C=C3C=C(c4ccccc4)OC(c4ccccc4)=C3)cc2)cc1. The Hall–Kier alpha value is -5.82. The second kappa shape index (κ2) is 11.9. The molecule has 3 heteroatoms. The number of nitriles is 2. The molecule has 1 heterocycles. The van der Waals surface area contributed by atoms with Gasteiger partial charge in [0.1, 0.15) is 29.2 Å². The lowest BCUT2D eigenvalue weighted by molar-refractivity contribution is 0.467. The third-order valence-corrected chi connectivity index (χ3v) is 5.99. The Morgan fingerprint density at radius 3 is 1.49 bits per heavy atom. The number of hydrogen-bond donors (Lipinski definition) is 0. The van der Waals surface area contributed by atoms with Crippen molar-refractivity contribution in [2.75, 3.05) is 0 Å². The summed E-state index contributed by atoms with van der Waals surface area (Å²) >= 11 is 0. The number of allylic oxidation sites excluding steroid dienone is 4. The molecule has 0 saturated carbocycles. The summed E-state index contributed by atoms with van der Waals surface area (Å²) in [6.45, 7) is 0. The first-order valence-corrected chi connectivity index (χ1v) is 12.4. The molecule has 1 aliphatic heterocycles. The van der Waals surface area contributed by atoms with E-state index >= 15 is 0 Å². The fraction of sp³-hybridized carbons (Fsp3) is 0. The Morgan fingerprint density at radius 1 is 0.564 bits per heavy atom. The average molecular weight is 499 g/mol. The smallest absolute Gasteiger partial charge is 0.135 e. The minimum Gasteiger partial charge on any atom is -0.456 e. The summed E-state index contributed by atoms with van der Waals surface area (Å²) in [4.78, 5) is 0. The van der Waals surface area contributed by atoms with Crippen LogP contribution in [0.1, 0.15) is 33.4 Å². The molecule has 0 N–H and O–H groups in total. The van der Waals surface area contributed by atoms with Gasteiger partial charge in [-0.05, 0) is 65.3 Å². The Morgan fingerprint density at radius 2 is 1.03 bits per heavy atom. The molecule has 0 fully saturated rings. The highest BCUT2D eigenvalue weighted by Crippen LogP contribution is 2.32. The minimum atomic E-state index is 0.0724. The minimum absolute atomic E-state index is 0.0724. The van der Waals surface area contributed by atoms with Gasteiger partial charge in [-0.2, -0.15) is 10.5 Å². The van der Waals surface area contributed by atoms with Gasteiger partial charge in [0.25, 0.3) is 0 Å². The summed E-state index contributed by atoms with van der Waals surface area (Å²) in [5.74, 6) is 7.98. The van der Waals surface area contributed by atoms with Crippen LogP contribution in [0.25, 0.3) is 23.7 Å². The van der Waals surface area contributed by atoms with Gasteiger partial charge in [-0.25, -0.2) is 0 Å².